The highest BCUT2D eigenvalue weighted by molar-refractivity contribution is 5.68. The lowest BCUT2D eigenvalue weighted by molar-refractivity contribution is 0.951. The fraction of sp³-hybridized carbons (Fsp3) is 0.385. The minimum absolute atomic E-state index is 0.742. The van der Waals surface area contributed by atoms with Gasteiger partial charge in [0, 0.05) is 18.9 Å². The molecule has 0 aliphatic rings. The second kappa shape index (κ2) is 5.53. The van der Waals surface area contributed by atoms with Crippen LogP contribution in [0, 0.1) is 13.8 Å². The SMILES string of the molecule is CCCNc1nc(C)c(C)nc1-c1cnccn1. The van der Waals surface area contributed by atoms with Crippen LogP contribution in [0.4, 0.5) is 5.82 Å². The Kier molecular flexibility index (Phi) is 3.82. The second-order valence-corrected chi connectivity index (χ2v) is 4.11. The van der Waals surface area contributed by atoms with Crippen molar-refractivity contribution in [1.29, 1.82) is 0 Å². The molecule has 94 valence electrons. The van der Waals surface area contributed by atoms with Crippen LogP contribution < -0.4 is 5.32 Å². The van der Waals surface area contributed by atoms with E-state index in [-0.39, 0.29) is 0 Å². The van der Waals surface area contributed by atoms with E-state index >= 15 is 0 Å². The summed E-state index contributed by atoms with van der Waals surface area (Å²) in [5, 5.41) is 3.29. The molecule has 2 aromatic rings. The Labute approximate surface area is 107 Å². The zero-order valence-corrected chi connectivity index (χ0v) is 10.9. The van der Waals surface area contributed by atoms with Gasteiger partial charge in [-0.3, -0.25) is 9.97 Å². The molecule has 5 heteroatoms. The van der Waals surface area contributed by atoms with E-state index in [4.69, 9.17) is 0 Å². The van der Waals surface area contributed by atoms with Gasteiger partial charge >= 0.3 is 0 Å². The lowest BCUT2D eigenvalue weighted by Crippen LogP contribution is -2.08. The van der Waals surface area contributed by atoms with E-state index in [0.29, 0.717) is 0 Å². The Morgan fingerprint density at radius 1 is 1.11 bits per heavy atom. The van der Waals surface area contributed by atoms with E-state index < -0.39 is 0 Å². The molecule has 0 radical (unpaired) electrons. The van der Waals surface area contributed by atoms with Crippen molar-refractivity contribution < 1.29 is 0 Å². The Morgan fingerprint density at radius 2 is 1.89 bits per heavy atom. The molecule has 5 nitrogen and oxygen atoms in total. The molecule has 0 spiro atoms. The average molecular weight is 243 g/mol. The number of hydrogen-bond acceptors (Lipinski definition) is 5. The maximum atomic E-state index is 4.57. The number of aromatic nitrogens is 4. The van der Waals surface area contributed by atoms with E-state index in [1.165, 1.54) is 0 Å². The maximum Gasteiger partial charge on any atom is 0.154 e. The molecule has 18 heavy (non-hydrogen) atoms. The van der Waals surface area contributed by atoms with Crippen LogP contribution in [-0.2, 0) is 0 Å². The van der Waals surface area contributed by atoms with E-state index in [0.717, 1.165) is 41.6 Å². The minimum atomic E-state index is 0.742. The number of hydrogen-bond donors (Lipinski definition) is 1. The number of anilines is 1. The van der Waals surface area contributed by atoms with E-state index in [1.54, 1.807) is 18.6 Å². The highest BCUT2D eigenvalue weighted by Gasteiger charge is 2.11. The third-order valence-corrected chi connectivity index (χ3v) is 2.66. The standard InChI is InChI=1S/C13H17N5/c1-4-5-16-13-12(11-8-14-6-7-15-11)17-9(2)10(3)18-13/h6-8H,4-5H2,1-3H3,(H,16,18). The molecular formula is C13H17N5. The van der Waals surface area contributed by atoms with Gasteiger partial charge in [-0.25, -0.2) is 9.97 Å². The van der Waals surface area contributed by atoms with Gasteiger partial charge in [-0.05, 0) is 20.3 Å². The lowest BCUT2D eigenvalue weighted by Gasteiger charge is -2.11. The topological polar surface area (TPSA) is 63.6 Å². The van der Waals surface area contributed by atoms with Gasteiger partial charge in [0.2, 0.25) is 0 Å². The van der Waals surface area contributed by atoms with Crippen LogP contribution in [0.1, 0.15) is 24.7 Å². The van der Waals surface area contributed by atoms with Gasteiger partial charge in [-0.1, -0.05) is 6.92 Å². The number of rotatable bonds is 4. The van der Waals surface area contributed by atoms with E-state index in [9.17, 15) is 0 Å². The second-order valence-electron chi connectivity index (χ2n) is 4.11. The van der Waals surface area contributed by atoms with Gasteiger partial charge in [0.1, 0.15) is 11.4 Å². The molecule has 2 rings (SSSR count). The summed E-state index contributed by atoms with van der Waals surface area (Å²) in [5.41, 5.74) is 3.35. The summed E-state index contributed by atoms with van der Waals surface area (Å²) in [7, 11) is 0. The third-order valence-electron chi connectivity index (χ3n) is 2.66. The maximum absolute atomic E-state index is 4.57. The average Bonchev–Trinajstić information content (AvgIpc) is 2.40. The van der Waals surface area contributed by atoms with Gasteiger partial charge in [-0.2, -0.15) is 0 Å². The van der Waals surface area contributed by atoms with Crippen LogP contribution in [0.2, 0.25) is 0 Å². The number of nitrogens with zero attached hydrogens (tertiary/aromatic N) is 4. The summed E-state index contributed by atoms with van der Waals surface area (Å²) in [6.45, 7) is 6.89. The zero-order valence-electron chi connectivity index (χ0n) is 10.9. The first-order valence-electron chi connectivity index (χ1n) is 6.08. The van der Waals surface area contributed by atoms with Crippen molar-refractivity contribution in [3.8, 4) is 11.4 Å². The Bertz CT molecular complexity index is 524. The van der Waals surface area contributed by atoms with Crippen LogP contribution in [0.5, 0.6) is 0 Å². The first-order chi connectivity index (χ1) is 8.72. The van der Waals surface area contributed by atoms with Gasteiger partial charge in [-0.15, -0.1) is 0 Å². The van der Waals surface area contributed by atoms with Gasteiger partial charge < -0.3 is 5.32 Å². The normalized spacial score (nSPS) is 10.4. The quantitative estimate of drug-likeness (QED) is 0.893. The molecule has 0 saturated carbocycles. The van der Waals surface area contributed by atoms with Crippen molar-refractivity contribution in [2.24, 2.45) is 0 Å². The largest absolute Gasteiger partial charge is 0.368 e. The van der Waals surface area contributed by atoms with Crippen LogP contribution in [0.25, 0.3) is 11.4 Å². The monoisotopic (exact) mass is 243 g/mol. The molecule has 0 fully saturated rings. The molecule has 0 aromatic carbocycles. The molecule has 0 aliphatic heterocycles. The van der Waals surface area contributed by atoms with E-state index in [1.807, 2.05) is 13.8 Å². The predicted molar refractivity (Wildman–Crippen MR) is 71.3 cm³/mol. The summed E-state index contributed by atoms with van der Waals surface area (Å²) in [5.74, 6) is 0.778. The number of nitrogens with one attached hydrogen (secondary N) is 1. The van der Waals surface area contributed by atoms with Crippen molar-refractivity contribution in [2.75, 3.05) is 11.9 Å². The van der Waals surface area contributed by atoms with Gasteiger partial charge in [0.25, 0.3) is 0 Å². The Hall–Kier alpha value is -2.04. The first-order valence-corrected chi connectivity index (χ1v) is 6.08. The zero-order chi connectivity index (χ0) is 13.0. The molecule has 0 aliphatic carbocycles. The van der Waals surface area contributed by atoms with Crippen molar-refractivity contribution in [3.63, 3.8) is 0 Å². The Balaban J connectivity index is 2.47. The molecule has 2 aromatic heterocycles. The summed E-state index contributed by atoms with van der Waals surface area (Å²) < 4.78 is 0. The first kappa shape index (κ1) is 12.4. The third kappa shape index (κ3) is 2.61. The van der Waals surface area contributed by atoms with Crippen molar-refractivity contribution >= 4 is 5.82 Å². The van der Waals surface area contributed by atoms with Gasteiger partial charge in [0.05, 0.1) is 17.6 Å². The van der Waals surface area contributed by atoms with E-state index in [2.05, 4.69) is 32.2 Å². The lowest BCUT2D eigenvalue weighted by atomic mass is 10.2. The predicted octanol–water partition coefficient (Wildman–Crippen LogP) is 2.37. The highest BCUT2D eigenvalue weighted by Crippen LogP contribution is 2.22. The van der Waals surface area contributed by atoms with Crippen LogP contribution in [0.15, 0.2) is 18.6 Å². The van der Waals surface area contributed by atoms with Crippen molar-refractivity contribution in [2.45, 2.75) is 27.2 Å². The molecule has 0 atom stereocenters. The van der Waals surface area contributed by atoms with Gasteiger partial charge in [0.15, 0.2) is 5.82 Å². The smallest absolute Gasteiger partial charge is 0.154 e. The van der Waals surface area contributed by atoms with Crippen LogP contribution in [0.3, 0.4) is 0 Å². The van der Waals surface area contributed by atoms with Crippen LogP contribution >= 0.6 is 0 Å². The fourth-order valence-electron chi connectivity index (χ4n) is 1.57. The van der Waals surface area contributed by atoms with Crippen molar-refractivity contribution in [1.82, 2.24) is 19.9 Å². The molecule has 1 N–H and O–H groups in total. The molecule has 0 saturated heterocycles. The van der Waals surface area contributed by atoms with Crippen molar-refractivity contribution in [3.05, 3.63) is 30.0 Å². The Morgan fingerprint density at radius 3 is 2.56 bits per heavy atom. The molecular weight excluding hydrogens is 226 g/mol. The number of aryl methyl sites for hydroxylation is 2. The summed E-state index contributed by atoms with van der Waals surface area (Å²) >= 11 is 0. The summed E-state index contributed by atoms with van der Waals surface area (Å²) in [4.78, 5) is 17.5. The fourth-order valence-corrected chi connectivity index (χ4v) is 1.57. The molecule has 0 amide bonds. The molecule has 0 bridgehead atoms. The van der Waals surface area contributed by atoms with Crippen LogP contribution in [-0.4, -0.2) is 26.5 Å². The molecule has 2 heterocycles. The summed E-state index contributed by atoms with van der Waals surface area (Å²) in [6.07, 6.45) is 6.05. The highest BCUT2D eigenvalue weighted by atomic mass is 15.0. The molecule has 0 unspecified atom stereocenters. The minimum Gasteiger partial charge on any atom is -0.368 e. The summed E-state index contributed by atoms with van der Waals surface area (Å²) in [6, 6.07) is 0.